The van der Waals surface area contributed by atoms with Crippen molar-refractivity contribution in [1.29, 1.82) is 0 Å². The zero-order valence-electron chi connectivity index (χ0n) is 21.2. The molecule has 6 aromatic heterocycles. The van der Waals surface area contributed by atoms with E-state index in [0.29, 0.717) is 51.4 Å². The lowest BCUT2D eigenvalue weighted by Crippen LogP contribution is -2.20. The number of aromatic nitrogens is 8. The molecule has 0 aromatic carbocycles. The van der Waals surface area contributed by atoms with E-state index >= 15 is 4.39 Å². The summed E-state index contributed by atoms with van der Waals surface area (Å²) in [6.45, 7) is 1.68. The van der Waals surface area contributed by atoms with E-state index in [0.717, 1.165) is 23.5 Å². The van der Waals surface area contributed by atoms with Crippen molar-refractivity contribution in [3.05, 3.63) is 72.7 Å². The van der Waals surface area contributed by atoms with Gasteiger partial charge in [-0.15, -0.1) is 0 Å². The standard InChI is InChI=1S/C29H26FN9/c30-24-23-22(16-35-25(24)19-11-18(14-32-15-19)13-31-12-17-5-1-2-6-17)38-39-28(23)29-36-21-8-10-34-26(27(21)37-29)20-7-3-4-9-33-20/h3-4,7-11,14-17,31H,1-2,5-6,12-13H2,(H,36,37)(H,38,39). The van der Waals surface area contributed by atoms with Crippen molar-refractivity contribution in [3.8, 4) is 34.2 Å². The summed E-state index contributed by atoms with van der Waals surface area (Å²) < 4.78 is 16.1. The molecule has 1 saturated carbocycles. The second-order valence-corrected chi connectivity index (χ2v) is 10.0. The van der Waals surface area contributed by atoms with E-state index in [4.69, 9.17) is 4.98 Å². The quantitative estimate of drug-likeness (QED) is 0.257. The summed E-state index contributed by atoms with van der Waals surface area (Å²) in [6.07, 6.45) is 13.7. The highest BCUT2D eigenvalue weighted by Gasteiger charge is 2.22. The fraction of sp³-hybridized carbons (Fsp3) is 0.241. The second kappa shape index (κ2) is 9.95. The zero-order valence-corrected chi connectivity index (χ0v) is 21.2. The molecular formula is C29H26FN9. The number of H-pyrrole nitrogens is 2. The molecule has 0 atom stereocenters. The molecule has 0 amide bonds. The van der Waals surface area contributed by atoms with Crippen LogP contribution in [0.2, 0.25) is 0 Å². The van der Waals surface area contributed by atoms with Crippen LogP contribution >= 0.6 is 0 Å². The summed E-state index contributed by atoms with van der Waals surface area (Å²) in [5.74, 6) is 0.703. The molecule has 1 aliphatic carbocycles. The molecule has 3 N–H and O–H groups in total. The van der Waals surface area contributed by atoms with Crippen molar-refractivity contribution < 1.29 is 4.39 Å². The molecule has 10 heteroatoms. The van der Waals surface area contributed by atoms with Gasteiger partial charge in [-0.1, -0.05) is 18.9 Å². The first-order valence-corrected chi connectivity index (χ1v) is 13.2. The van der Waals surface area contributed by atoms with E-state index in [2.05, 4.69) is 40.4 Å². The number of nitrogens with one attached hydrogen (secondary N) is 3. The predicted octanol–water partition coefficient (Wildman–Crippen LogP) is 5.44. The minimum absolute atomic E-state index is 0.224. The van der Waals surface area contributed by atoms with Gasteiger partial charge in [0.15, 0.2) is 11.6 Å². The minimum Gasteiger partial charge on any atom is -0.336 e. The monoisotopic (exact) mass is 519 g/mol. The average molecular weight is 520 g/mol. The first-order valence-electron chi connectivity index (χ1n) is 13.2. The van der Waals surface area contributed by atoms with E-state index in [1.807, 2.05) is 36.5 Å². The van der Waals surface area contributed by atoms with Crippen LogP contribution in [0.3, 0.4) is 0 Å². The first-order chi connectivity index (χ1) is 19.2. The van der Waals surface area contributed by atoms with Gasteiger partial charge in [0.1, 0.15) is 22.6 Å². The number of halogens is 1. The lowest BCUT2D eigenvalue weighted by Gasteiger charge is -2.11. The topological polar surface area (TPSA) is 121 Å². The number of hydrogen-bond acceptors (Lipinski definition) is 7. The average Bonchev–Trinajstić information content (AvgIpc) is 3.73. The normalized spacial score (nSPS) is 14.1. The Bertz CT molecular complexity index is 1770. The molecule has 0 radical (unpaired) electrons. The lowest BCUT2D eigenvalue weighted by atomic mass is 10.1. The maximum Gasteiger partial charge on any atom is 0.161 e. The van der Waals surface area contributed by atoms with Gasteiger partial charge in [0.25, 0.3) is 0 Å². The molecule has 0 aliphatic heterocycles. The number of nitrogens with zero attached hydrogens (tertiary/aromatic N) is 6. The molecular weight excluding hydrogens is 493 g/mol. The fourth-order valence-electron chi connectivity index (χ4n) is 5.43. The molecule has 6 aromatic rings. The number of pyridine rings is 4. The van der Waals surface area contributed by atoms with Crippen LogP contribution < -0.4 is 5.32 Å². The van der Waals surface area contributed by atoms with Crippen LogP contribution in [-0.4, -0.2) is 46.6 Å². The van der Waals surface area contributed by atoms with Crippen molar-refractivity contribution >= 4 is 21.9 Å². The van der Waals surface area contributed by atoms with Gasteiger partial charge >= 0.3 is 0 Å². The Morgan fingerprint density at radius 1 is 0.923 bits per heavy atom. The first kappa shape index (κ1) is 23.5. The van der Waals surface area contributed by atoms with Gasteiger partial charge in [-0.25, -0.2) is 9.37 Å². The van der Waals surface area contributed by atoms with E-state index in [9.17, 15) is 0 Å². The Morgan fingerprint density at radius 2 is 1.85 bits per heavy atom. The van der Waals surface area contributed by atoms with E-state index in [1.165, 1.54) is 25.7 Å². The van der Waals surface area contributed by atoms with Crippen molar-refractivity contribution in [2.45, 2.75) is 32.2 Å². The van der Waals surface area contributed by atoms with Crippen molar-refractivity contribution in [2.75, 3.05) is 6.54 Å². The third-order valence-electron chi connectivity index (χ3n) is 7.38. The van der Waals surface area contributed by atoms with Gasteiger partial charge in [-0.05, 0) is 55.1 Å². The third kappa shape index (κ3) is 4.42. The maximum absolute atomic E-state index is 16.1. The smallest absolute Gasteiger partial charge is 0.161 e. The van der Waals surface area contributed by atoms with Crippen molar-refractivity contribution in [1.82, 2.24) is 45.4 Å². The molecule has 0 saturated heterocycles. The molecule has 1 fully saturated rings. The Morgan fingerprint density at radius 3 is 2.72 bits per heavy atom. The fourth-order valence-corrected chi connectivity index (χ4v) is 5.43. The van der Waals surface area contributed by atoms with Crippen LogP contribution in [0.15, 0.2) is 61.3 Å². The second-order valence-electron chi connectivity index (χ2n) is 10.0. The summed E-state index contributed by atoms with van der Waals surface area (Å²) in [6, 6.07) is 9.40. The highest BCUT2D eigenvalue weighted by molar-refractivity contribution is 5.97. The minimum atomic E-state index is -0.474. The van der Waals surface area contributed by atoms with Gasteiger partial charge in [-0.2, -0.15) is 5.10 Å². The van der Waals surface area contributed by atoms with Gasteiger partial charge < -0.3 is 10.3 Å². The van der Waals surface area contributed by atoms with E-state index in [-0.39, 0.29) is 5.69 Å². The van der Waals surface area contributed by atoms with Crippen LogP contribution in [0.5, 0.6) is 0 Å². The highest BCUT2D eigenvalue weighted by atomic mass is 19.1. The molecule has 1 aliphatic rings. The molecule has 39 heavy (non-hydrogen) atoms. The summed E-state index contributed by atoms with van der Waals surface area (Å²) in [7, 11) is 0. The van der Waals surface area contributed by atoms with Crippen molar-refractivity contribution in [2.24, 2.45) is 5.92 Å². The molecule has 6 heterocycles. The van der Waals surface area contributed by atoms with Crippen LogP contribution in [-0.2, 0) is 6.54 Å². The number of hydrogen-bond donors (Lipinski definition) is 3. The molecule has 0 bridgehead atoms. The number of rotatable bonds is 7. The highest BCUT2D eigenvalue weighted by Crippen LogP contribution is 2.33. The maximum atomic E-state index is 16.1. The number of imidazole rings is 1. The molecule has 7 rings (SSSR count). The van der Waals surface area contributed by atoms with Gasteiger partial charge in [0, 0.05) is 36.9 Å². The van der Waals surface area contributed by atoms with E-state index < -0.39 is 5.82 Å². The number of fused-ring (bicyclic) bond motifs is 2. The van der Waals surface area contributed by atoms with Crippen LogP contribution in [0.1, 0.15) is 31.2 Å². The summed E-state index contributed by atoms with van der Waals surface area (Å²) >= 11 is 0. The number of aromatic amines is 2. The third-order valence-corrected chi connectivity index (χ3v) is 7.38. The molecule has 0 unspecified atom stereocenters. The molecule has 9 nitrogen and oxygen atoms in total. The summed E-state index contributed by atoms with van der Waals surface area (Å²) in [5.41, 5.74) is 5.43. The van der Waals surface area contributed by atoms with E-state index in [1.54, 1.807) is 24.8 Å². The van der Waals surface area contributed by atoms with Crippen LogP contribution in [0, 0.1) is 11.7 Å². The Kier molecular flexibility index (Phi) is 6.01. The SMILES string of the molecule is Fc1c(-c2cncc(CNCC3CCCC3)c2)ncc2[nH]nc(-c3nc4c(-c5ccccn5)nccc4[nH]3)c12. The van der Waals surface area contributed by atoms with Gasteiger partial charge in [0.2, 0.25) is 0 Å². The van der Waals surface area contributed by atoms with Gasteiger partial charge in [0.05, 0.1) is 28.3 Å². The predicted molar refractivity (Wildman–Crippen MR) is 147 cm³/mol. The lowest BCUT2D eigenvalue weighted by molar-refractivity contribution is 0.489. The Labute approximate surface area is 223 Å². The van der Waals surface area contributed by atoms with Crippen LogP contribution in [0.4, 0.5) is 4.39 Å². The summed E-state index contributed by atoms with van der Waals surface area (Å²) in [5, 5.41) is 11.1. The van der Waals surface area contributed by atoms with Crippen molar-refractivity contribution in [3.63, 3.8) is 0 Å². The van der Waals surface area contributed by atoms with Crippen LogP contribution in [0.25, 0.3) is 56.1 Å². The molecule has 194 valence electrons. The Hall–Kier alpha value is -4.57. The van der Waals surface area contributed by atoms with Gasteiger partial charge in [-0.3, -0.25) is 25.0 Å². The largest absolute Gasteiger partial charge is 0.336 e. The summed E-state index contributed by atoms with van der Waals surface area (Å²) in [4.78, 5) is 25.7. The Balaban J connectivity index is 1.24. The molecule has 0 spiro atoms. The zero-order chi connectivity index (χ0) is 26.2.